The van der Waals surface area contributed by atoms with E-state index in [4.69, 9.17) is 17.4 Å². The zero-order valence-corrected chi connectivity index (χ0v) is 11.1. The van der Waals surface area contributed by atoms with Gasteiger partial charge in [-0.15, -0.1) is 0 Å². The van der Waals surface area contributed by atoms with Crippen LogP contribution in [0.5, 0.6) is 0 Å². The lowest BCUT2D eigenvalue weighted by Gasteiger charge is -2.20. The number of aromatic nitrogens is 2. The second kappa shape index (κ2) is 4.95. The summed E-state index contributed by atoms with van der Waals surface area (Å²) in [5.74, 6) is 5.05. The van der Waals surface area contributed by atoms with Crippen LogP contribution in [0.25, 0.3) is 0 Å². The van der Waals surface area contributed by atoms with Crippen molar-refractivity contribution in [2.24, 2.45) is 12.9 Å². The lowest BCUT2D eigenvalue weighted by Crippen LogP contribution is -2.47. The molecule has 1 rings (SSSR count). The highest BCUT2D eigenvalue weighted by Crippen LogP contribution is 2.28. The number of aryl methyl sites for hydroxylation is 2. The number of hydrogen-bond donors (Lipinski definition) is 2. The summed E-state index contributed by atoms with van der Waals surface area (Å²) in [7, 11) is 1.67. The third-order valence-electron chi connectivity index (χ3n) is 2.26. The molecule has 1 aromatic rings. The van der Waals surface area contributed by atoms with Gasteiger partial charge in [0.25, 0.3) is 0 Å². The van der Waals surface area contributed by atoms with Gasteiger partial charge < -0.3 is 0 Å². The summed E-state index contributed by atoms with van der Waals surface area (Å²) in [5, 5.41) is 0.683. The molecule has 3 N–H and O–H groups in total. The minimum absolute atomic E-state index is 0.0229. The Morgan fingerprint density at radius 3 is 2.56 bits per heavy atom. The summed E-state index contributed by atoms with van der Waals surface area (Å²) in [5.41, 5.74) is 3.35. The minimum atomic E-state index is -3.41. The van der Waals surface area contributed by atoms with E-state index in [9.17, 15) is 8.78 Å². The van der Waals surface area contributed by atoms with Gasteiger partial charge in [-0.05, 0) is 34.5 Å². The van der Waals surface area contributed by atoms with Gasteiger partial charge in [0.05, 0.1) is 15.9 Å². The molecule has 4 nitrogen and oxygen atoms in total. The molecule has 1 heterocycles. The van der Waals surface area contributed by atoms with Gasteiger partial charge in [0.1, 0.15) is 6.04 Å². The van der Waals surface area contributed by atoms with Gasteiger partial charge in [-0.25, -0.2) is 5.43 Å². The quantitative estimate of drug-likeness (QED) is 0.505. The lowest BCUT2D eigenvalue weighted by atomic mass is 10.1. The molecule has 0 aliphatic carbocycles. The fourth-order valence-electron chi connectivity index (χ4n) is 1.36. The number of halogens is 4. The van der Waals surface area contributed by atoms with Crippen molar-refractivity contribution in [3.8, 4) is 0 Å². The molecule has 0 saturated heterocycles. The maximum Gasteiger partial charge on any atom is 0.338 e. The predicted molar refractivity (Wildman–Crippen MR) is 61.3 cm³/mol. The van der Waals surface area contributed by atoms with Gasteiger partial charge >= 0.3 is 5.38 Å². The van der Waals surface area contributed by atoms with Crippen LogP contribution in [0, 0.1) is 6.92 Å². The SMILES string of the molecule is Cc1nn(C)c(CC(NN)C(F)(F)Cl)c1Br. The topological polar surface area (TPSA) is 55.9 Å². The van der Waals surface area contributed by atoms with Gasteiger partial charge in [-0.3, -0.25) is 10.5 Å². The van der Waals surface area contributed by atoms with Gasteiger partial charge in [-0.1, -0.05) is 0 Å². The van der Waals surface area contributed by atoms with E-state index >= 15 is 0 Å². The summed E-state index contributed by atoms with van der Waals surface area (Å²) in [4.78, 5) is 0. The summed E-state index contributed by atoms with van der Waals surface area (Å²) >= 11 is 8.23. The molecule has 8 heteroatoms. The third kappa shape index (κ3) is 2.91. The fourth-order valence-corrected chi connectivity index (χ4v) is 2.00. The van der Waals surface area contributed by atoms with Crippen LogP contribution >= 0.6 is 27.5 Å². The zero-order chi connectivity index (χ0) is 12.5. The first kappa shape index (κ1) is 13.8. The van der Waals surface area contributed by atoms with Crippen LogP contribution in [-0.4, -0.2) is 21.2 Å². The summed E-state index contributed by atoms with van der Waals surface area (Å²) < 4.78 is 28.1. The number of nitrogens with one attached hydrogen (secondary N) is 1. The maximum atomic E-state index is 12.9. The van der Waals surface area contributed by atoms with Gasteiger partial charge in [0, 0.05) is 13.5 Å². The molecule has 0 bridgehead atoms. The molecule has 0 radical (unpaired) electrons. The van der Waals surface area contributed by atoms with E-state index in [0.717, 1.165) is 5.69 Å². The van der Waals surface area contributed by atoms with Crippen molar-refractivity contribution in [1.29, 1.82) is 0 Å². The Hall–Kier alpha value is -0.240. The van der Waals surface area contributed by atoms with Crippen LogP contribution in [-0.2, 0) is 13.5 Å². The Bertz CT molecular complexity index is 377. The van der Waals surface area contributed by atoms with Crippen molar-refractivity contribution in [1.82, 2.24) is 15.2 Å². The largest absolute Gasteiger partial charge is 0.338 e. The molecular weight excluding hydrogens is 305 g/mol. The van der Waals surface area contributed by atoms with Crippen LogP contribution < -0.4 is 11.3 Å². The molecular formula is C8H12BrClF2N4. The Labute approximate surface area is 105 Å². The Kier molecular flexibility index (Phi) is 4.28. The van der Waals surface area contributed by atoms with Crippen LogP contribution in [0.15, 0.2) is 4.47 Å². The van der Waals surface area contributed by atoms with Crippen molar-refractivity contribution in [2.75, 3.05) is 0 Å². The first-order chi connectivity index (χ1) is 7.27. The maximum absolute atomic E-state index is 12.9. The van der Waals surface area contributed by atoms with E-state index in [1.807, 2.05) is 5.43 Å². The molecule has 92 valence electrons. The number of alkyl halides is 3. The number of rotatable bonds is 4. The predicted octanol–water partition coefficient (Wildman–Crippen LogP) is 1.70. The monoisotopic (exact) mass is 316 g/mol. The molecule has 0 fully saturated rings. The molecule has 0 amide bonds. The second-order valence-corrected chi connectivity index (χ2v) is 4.73. The van der Waals surface area contributed by atoms with E-state index in [-0.39, 0.29) is 6.42 Å². The lowest BCUT2D eigenvalue weighted by molar-refractivity contribution is 0.0495. The highest BCUT2D eigenvalue weighted by atomic mass is 79.9. The molecule has 1 aromatic heterocycles. The number of hydrogen-bond acceptors (Lipinski definition) is 3. The third-order valence-corrected chi connectivity index (χ3v) is 3.55. The smallest absolute Gasteiger partial charge is 0.271 e. The fraction of sp³-hybridized carbons (Fsp3) is 0.625. The Morgan fingerprint density at radius 2 is 2.25 bits per heavy atom. The Balaban J connectivity index is 2.95. The highest BCUT2D eigenvalue weighted by molar-refractivity contribution is 9.10. The number of nitrogens with two attached hydrogens (primary N) is 1. The first-order valence-corrected chi connectivity index (χ1v) is 5.65. The number of nitrogens with zero attached hydrogens (tertiary/aromatic N) is 2. The molecule has 0 saturated carbocycles. The van der Waals surface area contributed by atoms with E-state index in [0.29, 0.717) is 10.2 Å². The van der Waals surface area contributed by atoms with Crippen LogP contribution in [0.2, 0.25) is 0 Å². The zero-order valence-electron chi connectivity index (χ0n) is 8.77. The van der Waals surface area contributed by atoms with Crippen molar-refractivity contribution < 1.29 is 8.78 Å². The molecule has 0 aliphatic heterocycles. The molecule has 0 aliphatic rings. The number of hydrazine groups is 1. The van der Waals surface area contributed by atoms with Gasteiger partial charge in [0.2, 0.25) is 0 Å². The normalized spacial score (nSPS) is 14.2. The minimum Gasteiger partial charge on any atom is -0.271 e. The first-order valence-electron chi connectivity index (χ1n) is 4.48. The highest BCUT2D eigenvalue weighted by Gasteiger charge is 2.37. The van der Waals surface area contributed by atoms with Crippen LogP contribution in [0.3, 0.4) is 0 Å². The van der Waals surface area contributed by atoms with E-state index < -0.39 is 11.4 Å². The van der Waals surface area contributed by atoms with E-state index in [2.05, 4.69) is 21.0 Å². The molecule has 1 atom stereocenters. The van der Waals surface area contributed by atoms with E-state index in [1.165, 1.54) is 4.68 Å². The summed E-state index contributed by atoms with van der Waals surface area (Å²) in [6.45, 7) is 1.78. The average Bonchev–Trinajstić information content (AvgIpc) is 2.37. The summed E-state index contributed by atoms with van der Waals surface area (Å²) in [6, 6.07) is -1.35. The van der Waals surface area contributed by atoms with E-state index in [1.54, 1.807) is 14.0 Å². The van der Waals surface area contributed by atoms with Gasteiger partial charge in [-0.2, -0.15) is 13.9 Å². The Morgan fingerprint density at radius 1 is 1.69 bits per heavy atom. The molecule has 16 heavy (non-hydrogen) atoms. The summed E-state index contributed by atoms with van der Waals surface area (Å²) in [6.07, 6.45) is -0.0229. The standard InChI is InChI=1S/C8H12BrClF2N4/c1-4-7(9)5(16(2)15-4)3-6(14-13)8(10,11)12/h6,14H,3,13H2,1-2H3. The molecule has 0 spiro atoms. The van der Waals surface area contributed by atoms with Gasteiger partial charge in [0.15, 0.2) is 0 Å². The van der Waals surface area contributed by atoms with Crippen molar-refractivity contribution in [2.45, 2.75) is 24.8 Å². The van der Waals surface area contributed by atoms with Crippen molar-refractivity contribution in [3.63, 3.8) is 0 Å². The second-order valence-electron chi connectivity index (χ2n) is 3.43. The average molecular weight is 318 g/mol. The van der Waals surface area contributed by atoms with Crippen molar-refractivity contribution >= 4 is 27.5 Å². The molecule has 1 unspecified atom stereocenters. The van der Waals surface area contributed by atoms with Crippen LogP contribution in [0.4, 0.5) is 8.78 Å². The van der Waals surface area contributed by atoms with Crippen LogP contribution in [0.1, 0.15) is 11.4 Å². The molecule has 0 aromatic carbocycles. The van der Waals surface area contributed by atoms with Crippen molar-refractivity contribution in [3.05, 3.63) is 15.9 Å².